The minimum atomic E-state index is -4.80. The Morgan fingerprint density at radius 2 is 2.00 bits per heavy atom. The summed E-state index contributed by atoms with van der Waals surface area (Å²) in [6.45, 7) is 0. The first-order valence-corrected chi connectivity index (χ1v) is 3.45. The summed E-state index contributed by atoms with van der Waals surface area (Å²) in [4.78, 5) is 10.8. The van der Waals surface area contributed by atoms with Crippen molar-refractivity contribution in [1.29, 1.82) is 0 Å². The first kappa shape index (κ1) is 9.91. The largest absolute Gasteiger partial charge is 0.491 e. The summed E-state index contributed by atoms with van der Waals surface area (Å²) >= 11 is 5.29. The van der Waals surface area contributed by atoms with E-state index in [0.29, 0.717) is 6.20 Å². The molecule has 72 valence electrons. The Morgan fingerprint density at radius 3 is 2.46 bits per heavy atom. The normalized spacial score (nSPS) is 11.7. The molecule has 0 bridgehead atoms. The zero-order chi connectivity index (χ0) is 10.2. The number of nitrogen functional groups attached to an aromatic ring is 1. The van der Waals surface area contributed by atoms with Crippen molar-refractivity contribution in [2.45, 2.75) is 6.30 Å². The van der Waals surface area contributed by atoms with Crippen LogP contribution < -0.4 is 11.3 Å². The Morgan fingerprint density at radius 1 is 1.46 bits per heavy atom. The van der Waals surface area contributed by atoms with E-state index < -0.39 is 22.1 Å². The molecular formula is C6H4ClF3N2O. The molecule has 0 aliphatic heterocycles. The maximum absolute atomic E-state index is 12.1. The van der Waals surface area contributed by atoms with E-state index in [2.05, 4.69) is 0 Å². The van der Waals surface area contributed by atoms with E-state index in [4.69, 9.17) is 17.3 Å². The van der Waals surface area contributed by atoms with Crippen molar-refractivity contribution in [1.82, 2.24) is 4.57 Å². The topological polar surface area (TPSA) is 48.0 Å². The van der Waals surface area contributed by atoms with Crippen LogP contribution in [0.3, 0.4) is 0 Å². The highest BCUT2D eigenvalue weighted by Crippen LogP contribution is 2.22. The van der Waals surface area contributed by atoms with E-state index in [1.165, 1.54) is 0 Å². The molecule has 0 aliphatic rings. The standard InChI is InChI=1S/C6H4ClF3N2O/c7-3-1-4(11)5(13)12(2-3)6(8,9)10/h1-2H,11H2. The first-order valence-electron chi connectivity index (χ1n) is 3.07. The van der Waals surface area contributed by atoms with Crippen LogP contribution in [0.15, 0.2) is 17.1 Å². The van der Waals surface area contributed by atoms with Gasteiger partial charge in [0.05, 0.1) is 10.7 Å². The second kappa shape index (κ2) is 2.95. The number of alkyl halides is 3. The van der Waals surface area contributed by atoms with Crippen LogP contribution in [-0.4, -0.2) is 4.57 Å². The molecule has 0 aliphatic carbocycles. The van der Waals surface area contributed by atoms with Gasteiger partial charge in [0.1, 0.15) is 0 Å². The van der Waals surface area contributed by atoms with Crippen molar-refractivity contribution in [3.63, 3.8) is 0 Å². The van der Waals surface area contributed by atoms with E-state index in [1.807, 2.05) is 0 Å². The van der Waals surface area contributed by atoms with Gasteiger partial charge in [-0.3, -0.25) is 4.79 Å². The van der Waals surface area contributed by atoms with E-state index in [-0.39, 0.29) is 5.02 Å². The highest BCUT2D eigenvalue weighted by atomic mass is 35.5. The SMILES string of the molecule is Nc1cc(Cl)cn(C(F)(F)F)c1=O. The smallest absolute Gasteiger partial charge is 0.394 e. The van der Waals surface area contributed by atoms with Crippen LogP contribution in [0.5, 0.6) is 0 Å². The van der Waals surface area contributed by atoms with Gasteiger partial charge >= 0.3 is 6.30 Å². The molecule has 0 fully saturated rings. The molecule has 3 nitrogen and oxygen atoms in total. The van der Waals surface area contributed by atoms with Crippen molar-refractivity contribution in [3.8, 4) is 0 Å². The van der Waals surface area contributed by atoms with Gasteiger partial charge in [-0.2, -0.15) is 0 Å². The van der Waals surface area contributed by atoms with Crippen molar-refractivity contribution in [2.75, 3.05) is 5.73 Å². The molecule has 0 radical (unpaired) electrons. The van der Waals surface area contributed by atoms with Gasteiger partial charge < -0.3 is 5.73 Å². The lowest BCUT2D eigenvalue weighted by Crippen LogP contribution is -2.31. The second-order valence-electron chi connectivity index (χ2n) is 2.26. The molecule has 13 heavy (non-hydrogen) atoms. The molecule has 1 aromatic heterocycles. The Kier molecular flexibility index (Phi) is 2.25. The van der Waals surface area contributed by atoms with E-state index in [0.717, 1.165) is 6.07 Å². The summed E-state index contributed by atoms with van der Waals surface area (Å²) in [5, 5.41) is -0.241. The number of hydrogen-bond donors (Lipinski definition) is 1. The molecule has 7 heteroatoms. The van der Waals surface area contributed by atoms with Crippen LogP contribution in [0.1, 0.15) is 0 Å². The molecule has 0 atom stereocenters. The lowest BCUT2D eigenvalue weighted by molar-refractivity contribution is -0.206. The highest BCUT2D eigenvalue weighted by molar-refractivity contribution is 6.30. The van der Waals surface area contributed by atoms with Gasteiger partial charge in [-0.1, -0.05) is 11.6 Å². The zero-order valence-electron chi connectivity index (χ0n) is 6.10. The molecule has 0 aromatic carbocycles. The maximum Gasteiger partial charge on any atom is 0.491 e. The van der Waals surface area contributed by atoms with Crippen LogP contribution in [0.2, 0.25) is 5.02 Å². The van der Waals surface area contributed by atoms with E-state index >= 15 is 0 Å². The molecule has 0 spiro atoms. The fourth-order valence-corrected chi connectivity index (χ4v) is 0.972. The number of pyridine rings is 1. The Bertz CT molecular complexity index is 384. The van der Waals surface area contributed by atoms with Gasteiger partial charge in [0.15, 0.2) is 0 Å². The van der Waals surface area contributed by atoms with Gasteiger partial charge in [0.25, 0.3) is 5.56 Å². The summed E-state index contributed by atoms with van der Waals surface area (Å²) < 4.78 is 35.7. The molecule has 2 N–H and O–H groups in total. The lowest BCUT2D eigenvalue weighted by atomic mass is 10.4. The predicted octanol–water partition coefficient (Wildman–Crippen LogP) is 1.56. The lowest BCUT2D eigenvalue weighted by Gasteiger charge is -2.10. The summed E-state index contributed by atoms with van der Waals surface area (Å²) in [5.74, 6) is 0. The number of nitrogens with zero attached hydrogens (tertiary/aromatic N) is 1. The van der Waals surface area contributed by atoms with Gasteiger partial charge in [-0.25, -0.2) is 4.57 Å². The van der Waals surface area contributed by atoms with Gasteiger partial charge in [0.2, 0.25) is 0 Å². The minimum Gasteiger partial charge on any atom is -0.394 e. The van der Waals surface area contributed by atoms with Crippen molar-refractivity contribution in [3.05, 3.63) is 27.6 Å². The van der Waals surface area contributed by atoms with Crippen LogP contribution in [-0.2, 0) is 6.30 Å². The fraction of sp³-hybridized carbons (Fsp3) is 0.167. The minimum absolute atomic E-state index is 0.241. The zero-order valence-corrected chi connectivity index (χ0v) is 6.86. The summed E-state index contributed by atoms with van der Waals surface area (Å²) in [6.07, 6.45) is -4.32. The van der Waals surface area contributed by atoms with Crippen molar-refractivity contribution < 1.29 is 13.2 Å². The predicted molar refractivity (Wildman–Crippen MR) is 41.4 cm³/mol. The summed E-state index contributed by atoms with van der Waals surface area (Å²) in [7, 11) is 0. The number of rotatable bonds is 0. The number of aromatic nitrogens is 1. The van der Waals surface area contributed by atoms with Gasteiger partial charge in [0, 0.05) is 6.20 Å². The van der Waals surface area contributed by atoms with Gasteiger partial charge in [-0.05, 0) is 6.07 Å². The van der Waals surface area contributed by atoms with Crippen molar-refractivity contribution in [2.24, 2.45) is 0 Å². The molecule has 0 unspecified atom stereocenters. The van der Waals surface area contributed by atoms with Crippen molar-refractivity contribution >= 4 is 17.3 Å². The highest BCUT2D eigenvalue weighted by Gasteiger charge is 2.32. The Hall–Kier alpha value is -1.17. The quantitative estimate of drug-likeness (QED) is 0.710. The number of nitrogens with two attached hydrogens (primary N) is 1. The van der Waals surface area contributed by atoms with Crippen LogP contribution in [0.25, 0.3) is 0 Å². The maximum atomic E-state index is 12.1. The van der Waals surface area contributed by atoms with Crippen LogP contribution in [0.4, 0.5) is 18.9 Å². The van der Waals surface area contributed by atoms with Gasteiger partial charge in [-0.15, -0.1) is 13.2 Å². The molecular weight excluding hydrogens is 209 g/mol. The summed E-state index contributed by atoms with van der Waals surface area (Å²) in [6, 6.07) is 0.964. The average Bonchev–Trinajstić information content (AvgIpc) is 1.94. The average molecular weight is 213 g/mol. The molecule has 1 rings (SSSR count). The molecule has 0 saturated heterocycles. The van der Waals surface area contributed by atoms with E-state index in [9.17, 15) is 18.0 Å². The molecule has 0 saturated carbocycles. The fourth-order valence-electron chi connectivity index (χ4n) is 0.757. The first-order chi connectivity index (χ1) is 5.82. The number of anilines is 1. The summed E-state index contributed by atoms with van der Waals surface area (Å²) in [5.41, 5.74) is 3.14. The second-order valence-corrected chi connectivity index (χ2v) is 2.69. The Balaban J connectivity index is 3.47. The van der Waals surface area contributed by atoms with Crippen LogP contribution >= 0.6 is 11.6 Å². The molecule has 1 heterocycles. The third kappa shape index (κ3) is 1.95. The third-order valence-corrected chi connectivity index (χ3v) is 1.49. The third-order valence-electron chi connectivity index (χ3n) is 1.28. The number of halogens is 4. The Labute approximate surface area is 75.5 Å². The molecule has 0 amide bonds. The number of hydrogen-bond acceptors (Lipinski definition) is 2. The molecule has 1 aromatic rings. The van der Waals surface area contributed by atoms with Crippen LogP contribution in [0, 0.1) is 0 Å². The monoisotopic (exact) mass is 212 g/mol. The van der Waals surface area contributed by atoms with E-state index in [1.54, 1.807) is 0 Å².